The Kier molecular flexibility index (Phi) is 3.53. The van der Waals surface area contributed by atoms with Gasteiger partial charge in [0, 0.05) is 12.7 Å². The Labute approximate surface area is 115 Å². The van der Waals surface area contributed by atoms with Crippen LogP contribution in [-0.4, -0.2) is 31.0 Å². The van der Waals surface area contributed by atoms with Gasteiger partial charge < -0.3 is 0 Å². The third kappa shape index (κ3) is 2.51. The summed E-state index contributed by atoms with van der Waals surface area (Å²) in [5.41, 5.74) is 0.820. The Bertz CT molecular complexity index is 673. The topological polar surface area (TPSA) is 59.5 Å². The number of aromatic nitrogens is 1. The number of hydrogen-bond donors (Lipinski definition) is 0. The molecule has 0 amide bonds. The number of nitrogens with zero attached hydrogens (tertiary/aromatic N) is 2. The molecule has 0 bridgehead atoms. The van der Waals surface area contributed by atoms with Crippen molar-refractivity contribution < 1.29 is 13.3 Å². The molecule has 5 nitrogen and oxygen atoms in total. The first-order valence-electron chi connectivity index (χ1n) is 6.17. The van der Waals surface area contributed by atoms with Crippen LogP contribution in [0.2, 0.25) is 0 Å². The molecule has 0 N–H and O–H groups in total. The van der Waals surface area contributed by atoms with Gasteiger partial charge in [-0.05, 0) is 36.8 Å². The number of sulfonamides is 1. The standard InChI is InChI=1S/C12H14N2O3S2/c15-19(16,14-5-2-1-3-6-17-14)10-8-12-11(13-9-10)4-7-18-12/h4,7-9H,1-3,5-6H2. The van der Waals surface area contributed by atoms with Gasteiger partial charge in [-0.1, -0.05) is 4.47 Å². The molecule has 0 radical (unpaired) electrons. The molecule has 1 saturated heterocycles. The summed E-state index contributed by atoms with van der Waals surface area (Å²) >= 11 is 1.48. The van der Waals surface area contributed by atoms with Crippen LogP contribution in [0.3, 0.4) is 0 Å². The SMILES string of the molecule is O=S(=O)(c1cnc2ccsc2c1)N1CCCCCO1. The van der Waals surface area contributed by atoms with E-state index in [1.165, 1.54) is 17.5 Å². The molecule has 0 atom stereocenters. The van der Waals surface area contributed by atoms with Crippen molar-refractivity contribution in [2.45, 2.75) is 24.2 Å². The molecule has 102 valence electrons. The van der Waals surface area contributed by atoms with E-state index in [4.69, 9.17) is 4.84 Å². The quantitative estimate of drug-likeness (QED) is 0.854. The van der Waals surface area contributed by atoms with E-state index in [9.17, 15) is 8.42 Å². The van der Waals surface area contributed by atoms with Gasteiger partial charge in [-0.25, -0.2) is 8.42 Å². The Morgan fingerprint density at radius 2 is 2.21 bits per heavy atom. The predicted octanol–water partition coefficient (Wildman–Crippen LogP) is 2.40. The largest absolute Gasteiger partial charge is 0.284 e. The van der Waals surface area contributed by atoms with Gasteiger partial charge in [0.15, 0.2) is 0 Å². The fourth-order valence-electron chi connectivity index (χ4n) is 2.03. The number of rotatable bonds is 2. The highest BCUT2D eigenvalue weighted by Crippen LogP contribution is 2.25. The number of fused-ring (bicyclic) bond motifs is 1. The van der Waals surface area contributed by atoms with E-state index >= 15 is 0 Å². The first-order valence-corrected chi connectivity index (χ1v) is 8.49. The van der Waals surface area contributed by atoms with Crippen LogP contribution >= 0.6 is 11.3 Å². The summed E-state index contributed by atoms with van der Waals surface area (Å²) in [5, 5.41) is 1.90. The summed E-state index contributed by atoms with van der Waals surface area (Å²) in [7, 11) is -3.60. The van der Waals surface area contributed by atoms with Crippen LogP contribution in [0.1, 0.15) is 19.3 Å². The van der Waals surface area contributed by atoms with Crippen LogP contribution in [0.15, 0.2) is 28.6 Å². The third-order valence-corrected chi connectivity index (χ3v) is 5.56. The molecule has 19 heavy (non-hydrogen) atoms. The molecular formula is C12H14N2O3S2. The molecular weight excluding hydrogens is 284 g/mol. The van der Waals surface area contributed by atoms with Gasteiger partial charge in [0.05, 0.1) is 16.8 Å². The first kappa shape index (κ1) is 13.0. The molecule has 1 aliphatic rings. The average Bonchev–Trinajstić information content (AvgIpc) is 2.69. The third-order valence-electron chi connectivity index (χ3n) is 3.06. The maximum Gasteiger partial charge on any atom is 0.266 e. The maximum atomic E-state index is 12.5. The maximum absolute atomic E-state index is 12.5. The van der Waals surface area contributed by atoms with Crippen molar-refractivity contribution in [3.8, 4) is 0 Å². The summed E-state index contributed by atoms with van der Waals surface area (Å²) < 4.78 is 26.9. The van der Waals surface area contributed by atoms with E-state index in [-0.39, 0.29) is 4.90 Å². The summed E-state index contributed by atoms with van der Waals surface area (Å²) in [6.07, 6.45) is 4.12. The van der Waals surface area contributed by atoms with E-state index in [0.29, 0.717) is 13.2 Å². The minimum Gasteiger partial charge on any atom is -0.284 e. The molecule has 1 fully saturated rings. The number of pyridine rings is 1. The van der Waals surface area contributed by atoms with Gasteiger partial charge in [-0.2, -0.15) is 0 Å². The van der Waals surface area contributed by atoms with Crippen molar-refractivity contribution in [3.05, 3.63) is 23.7 Å². The van der Waals surface area contributed by atoms with Crippen molar-refractivity contribution in [1.82, 2.24) is 9.45 Å². The zero-order chi connectivity index (χ0) is 13.3. The Morgan fingerprint density at radius 1 is 1.32 bits per heavy atom. The summed E-state index contributed by atoms with van der Waals surface area (Å²) in [6.45, 7) is 0.860. The van der Waals surface area contributed by atoms with Crippen LogP contribution in [0.5, 0.6) is 0 Å². The van der Waals surface area contributed by atoms with E-state index in [0.717, 1.165) is 33.9 Å². The average molecular weight is 298 g/mol. The van der Waals surface area contributed by atoms with Gasteiger partial charge >= 0.3 is 0 Å². The summed E-state index contributed by atoms with van der Waals surface area (Å²) in [6, 6.07) is 3.54. The highest BCUT2D eigenvalue weighted by Gasteiger charge is 2.27. The highest BCUT2D eigenvalue weighted by atomic mass is 32.2. The molecule has 1 aliphatic heterocycles. The molecule has 0 aromatic carbocycles. The lowest BCUT2D eigenvalue weighted by Gasteiger charge is -2.18. The molecule has 0 spiro atoms. The molecule has 0 unspecified atom stereocenters. The van der Waals surface area contributed by atoms with Crippen molar-refractivity contribution in [1.29, 1.82) is 0 Å². The lowest BCUT2D eigenvalue weighted by Crippen LogP contribution is -2.31. The molecule has 7 heteroatoms. The second-order valence-corrected chi connectivity index (χ2v) is 7.18. The zero-order valence-corrected chi connectivity index (χ0v) is 11.9. The molecule has 2 aromatic heterocycles. The first-order chi connectivity index (χ1) is 9.18. The van der Waals surface area contributed by atoms with Crippen molar-refractivity contribution >= 4 is 31.6 Å². The van der Waals surface area contributed by atoms with Gasteiger partial charge in [-0.3, -0.25) is 9.82 Å². The Balaban J connectivity index is 1.97. The van der Waals surface area contributed by atoms with Crippen molar-refractivity contribution in [3.63, 3.8) is 0 Å². The van der Waals surface area contributed by atoms with Crippen molar-refractivity contribution in [2.24, 2.45) is 0 Å². The normalized spacial score (nSPS) is 18.5. The lowest BCUT2D eigenvalue weighted by molar-refractivity contribution is -0.0748. The number of thiophene rings is 1. The molecule has 3 rings (SSSR count). The van der Waals surface area contributed by atoms with Crippen molar-refractivity contribution in [2.75, 3.05) is 13.2 Å². The van der Waals surface area contributed by atoms with Crippen LogP contribution in [0.25, 0.3) is 10.2 Å². The van der Waals surface area contributed by atoms with E-state index < -0.39 is 10.0 Å². The second kappa shape index (κ2) is 5.16. The van der Waals surface area contributed by atoms with Crippen LogP contribution in [-0.2, 0) is 14.9 Å². The fraction of sp³-hybridized carbons (Fsp3) is 0.417. The van der Waals surface area contributed by atoms with E-state index in [1.807, 2.05) is 11.4 Å². The fourth-order valence-corrected chi connectivity index (χ4v) is 4.15. The van der Waals surface area contributed by atoms with Crippen LogP contribution < -0.4 is 0 Å². The van der Waals surface area contributed by atoms with E-state index in [1.54, 1.807) is 6.07 Å². The van der Waals surface area contributed by atoms with Gasteiger partial charge in [0.2, 0.25) is 0 Å². The second-order valence-electron chi connectivity index (χ2n) is 4.40. The van der Waals surface area contributed by atoms with Crippen LogP contribution in [0.4, 0.5) is 0 Å². The molecule has 3 heterocycles. The predicted molar refractivity (Wildman–Crippen MR) is 73.3 cm³/mol. The minimum absolute atomic E-state index is 0.198. The number of hydroxylamine groups is 1. The van der Waals surface area contributed by atoms with Crippen LogP contribution in [0, 0.1) is 0 Å². The Hall–Kier alpha value is -1.02. The summed E-state index contributed by atoms with van der Waals surface area (Å²) in [5.74, 6) is 0. The summed E-state index contributed by atoms with van der Waals surface area (Å²) in [4.78, 5) is 9.71. The minimum atomic E-state index is -3.60. The number of hydrogen-bond acceptors (Lipinski definition) is 5. The highest BCUT2D eigenvalue weighted by molar-refractivity contribution is 7.89. The smallest absolute Gasteiger partial charge is 0.266 e. The zero-order valence-electron chi connectivity index (χ0n) is 10.3. The molecule has 0 aliphatic carbocycles. The lowest BCUT2D eigenvalue weighted by atomic mass is 10.2. The van der Waals surface area contributed by atoms with Gasteiger partial charge in [0.25, 0.3) is 10.0 Å². The van der Waals surface area contributed by atoms with Gasteiger partial charge in [0.1, 0.15) is 4.90 Å². The van der Waals surface area contributed by atoms with Gasteiger partial charge in [-0.15, -0.1) is 11.3 Å². The molecule has 0 saturated carbocycles. The monoisotopic (exact) mass is 298 g/mol. The Morgan fingerprint density at radius 3 is 3.11 bits per heavy atom. The van der Waals surface area contributed by atoms with E-state index in [2.05, 4.69) is 4.98 Å². The molecule has 2 aromatic rings.